The van der Waals surface area contributed by atoms with Crippen LogP contribution in [0.25, 0.3) is 0 Å². The van der Waals surface area contributed by atoms with Crippen molar-refractivity contribution in [3.05, 3.63) is 5.92 Å². The van der Waals surface area contributed by atoms with E-state index in [0.717, 1.165) is 12.3 Å². The van der Waals surface area contributed by atoms with E-state index in [1.54, 1.807) is 0 Å². The largest absolute Gasteiger partial charge is 0.396 e. The number of aliphatic hydroxyl groups is 1. The summed E-state index contributed by atoms with van der Waals surface area (Å²) in [7, 11) is 0. The first-order valence-corrected chi connectivity index (χ1v) is 2.43. The summed E-state index contributed by atoms with van der Waals surface area (Å²) in [5, 5.41) is 8.37. The average molecular weight is 102 g/mol. The Morgan fingerprint density at radius 1 is 1.71 bits per heavy atom. The van der Waals surface area contributed by atoms with Crippen LogP contribution in [0.15, 0.2) is 0 Å². The third-order valence-electron chi connectivity index (χ3n) is 0.841. The fraction of sp³-hybridized carbons (Fsp3) is 0.800. The van der Waals surface area contributed by atoms with Crippen LogP contribution in [-0.4, -0.2) is 18.3 Å². The molecule has 0 saturated carbocycles. The van der Waals surface area contributed by atoms with E-state index in [-0.39, 0.29) is 6.61 Å². The second-order valence-electron chi connectivity index (χ2n) is 1.65. The Morgan fingerprint density at radius 3 is 2.43 bits per heavy atom. The lowest BCUT2D eigenvalue weighted by atomic mass is 10.1. The van der Waals surface area contributed by atoms with Crippen molar-refractivity contribution in [1.29, 1.82) is 0 Å². The number of aliphatic hydroxyl groups excluding tert-OH is 1. The minimum Gasteiger partial charge on any atom is -0.396 e. The quantitative estimate of drug-likeness (QED) is 0.523. The summed E-state index contributed by atoms with van der Waals surface area (Å²) in [4.78, 5) is 0. The maximum absolute atomic E-state index is 8.37. The molecule has 0 fully saturated rings. The van der Waals surface area contributed by atoms with Gasteiger partial charge < -0.3 is 10.8 Å². The van der Waals surface area contributed by atoms with Gasteiger partial charge in [-0.1, -0.05) is 6.92 Å². The first kappa shape index (κ1) is 6.92. The molecular formula is C5H12NO. The van der Waals surface area contributed by atoms with E-state index >= 15 is 0 Å². The SMILES string of the molecule is C[C](CO)CCN. The molecule has 0 aliphatic heterocycles. The van der Waals surface area contributed by atoms with Gasteiger partial charge in [0.25, 0.3) is 0 Å². The highest BCUT2D eigenvalue weighted by molar-refractivity contribution is 4.82. The second-order valence-corrected chi connectivity index (χ2v) is 1.65. The third-order valence-corrected chi connectivity index (χ3v) is 0.841. The Bertz CT molecular complexity index is 39.1. The van der Waals surface area contributed by atoms with Gasteiger partial charge in [0.1, 0.15) is 0 Å². The molecule has 3 N–H and O–H groups in total. The summed E-state index contributed by atoms with van der Waals surface area (Å²) in [5.74, 6) is 1.06. The minimum atomic E-state index is 0.178. The van der Waals surface area contributed by atoms with Gasteiger partial charge in [-0.15, -0.1) is 0 Å². The predicted octanol–water partition coefficient (Wildman–Crippen LogP) is -0.0781. The topological polar surface area (TPSA) is 46.2 Å². The molecule has 1 radical (unpaired) electrons. The van der Waals surface area contributed by atoms with Crippen LogP contribution in [0.4, 0.5) is 0 Å². The molecule has 0 aliphatic rings. The van der Waals surface area contributed by atoms with Gasteiger partial charge in [-0.05, 0) is 18.9 Å². The summed E-state index contributed by atoms with van der Waals surface area (Å²) in [6.07, 6.45) is 0.844. The smallest absolute Gasteiger partial charge is 0.0491 e. The highest BCUT2D eigenvalue weighted by Crippen LogP contribution is 1.98. The number of nitrogens with two attached hydrogens (primary N) is 1. The van der Waals surface area contributed by atoms with E-state index < -0.39 is 0 Å². The van der Waals surface area contributed by atoms with Crippen molar-refractivity contribution < 1.29 is 5.11 Å². The highest BCUT2D eigenvalue weighted by atomic mass is 16.3. The number of rotatable bonds is 3. The minimum absolute atomic E-state index is 0.178. The van der Waals surface area contributed by atoms with Crippen molar-refractivity contribution in [2.24, 2.45) is 5.73 Å². The van der Waals surface area contributed by atoms with Gasteiger partial charge in [0.05, 0.1) is 0 Å². The molecule has 2 nitrogen and oxygen atoms in total. The van der Waals surface area contributed by atoms with Crippen LogP contribution in [0.1, 0.15) is 13.3 Å². The van der Waals surface area contributed by atoms with Crippen molar-refractivity contribution in [1.82, 2.24) is 0 Å². The zero-order valence-electron chi connectivity index (χ0n) is 4.65. The zero-order valence-corrected chi connectivity index (χ0v) is 4.65. The summed E-state index contributed by atoms with van der Waals surface area (Å²) in [6.45, 7) is 2.72. The molecule has 0 amide bonds. The lowest BCUT2D eigenvalue weighted by Gasteiger charge is -2.00. The first-order chi connectivity index (χ1) is 3.31. The van der Waals surface area contributed by atoms with Crippen LogP contribution >= 0.6 is 0 Å². The van der Waals surface area contributed by atoms with Crippen molar-refractivity contribution in [3.63, 3.8) is 0 Å². The van der Waals surface area contributed by atoms with Crippen molar-refractivity contribution in [2.75, 3.05) is 13.2 Å². The number of hydrogen-bond donors (Lipinski definition) is 2. The van der Waals surface area contributed by atoms with E-state index in [1.807, 2.05) is 6.92 Å². The summed E-state index contributed by atoms with van der Waals surface area (Å²) in [5.41, 5.74) is 5.17. The van der Waals surface area contributed by atoms with Crippen LogP contribution in [-0.2, 0) is 0 Å². The molecule has 43 valence electrons. The molecule has 0 spiro atoms. The van der Waals surface area contributed by atoms with E-state index in [0.29, 0.717) is 6.54 Å². The van der Waals surface area contributed by atoms with E-state index in [1.165, 1.54) is 0 Å². The maximum Gasteiger partial charge on any atom is 0.0491 e. The summed E-state index contributed by atoms with van der Waals surface area (Å²) in [6, 6.07) is 0. The molecule has 0 saturated heterocycles. The predicted molar refractivity (Wildman–Crippen MR) is 29.7 cm³/mol. The van der Waals surface area contributed by atoms with Gasteiger partial charge in [-0.25, -0.2) is 0 Å². The fourth-order valence-electron chi connectivity index (χ4n) is 0.325. The first-order valence-electron chi connectivity index (χ1n) is 2.43. The molecule has 0 aromatic carbocycles. The molecule has 0 atom stereocenters. The van der Waals surface area contributed by atoms with Crippen molar-refractivity contribution >= 4 is 0 Å². The van der Waals surface area contributed by atoms with E-state index in [2.05, 4.69) is 0 Å². The van der Waals surface area contributed by atoms with Crippen LogP contribution in [0.5, 0.6) is 0 Å². The Kier molecular flexibility index (Phi) is 4.04. The van der Waals surface area contributed by atoms with Gasteiger partial charge in [0.15, 0.2) is 0 Å². The molecule has 0 aromatic heterocycles. The van der Waals surface area contributed by atoms with Gasteiger partial charge in [0.2, 0.25) is 0 Å². The van der Waals surface area contributed by atoms with Crippen LogP contribution < -0.4 is 5.73 Å². The summed E-state index contributed by atoms with van der Waals surface area (Å²) < 4.78 is 0. The van der Waals surface area contributed by atoms with Gasteiger partial charge >= 0.3 is 0 Å². The zero-order chi connectivity index (χ0) is 5.70. The standard InChI is InChI=1S/C5H12NO/c1-5(4-7)2-3-6/h7H,2-4,6H2,1H3. The van der Waals surface area contributed by atoms with Crippen LogP contribution in [0, 0.1) is 5.92 Å². The molecule has 7 heavy (non-hydrogen) atoms. The average Bonchev–Trinajstić information content (AvgIpc) is 1.68. The molecule has 0 aliphatic carbocycles. The molecule has 0 rings (SSSR count). The fourth-order valence-corrected chi connectivity index (χ4v) is 0.325. The maximum atomic E-state index is 8.37. The van der Waals surface area contributed by atoms with E-state index in [9.17, 15) is 0 Å². The third kappa shape index (κ3) is 3.76. The van der Waals surface area contributed by atoms with Crippen molar-refractivity contribution in [3.8, 4) is 0 Å². The van der Waals surface area contributed by atoms with Crippen LogP contribution in [0.2, 0.25) is 0 Å². The van der Waals surface area contributed by atoms with Gasteiger partial charge in [0, 0.05) is 6.61 Å². The monoisotopic (exact) mass is 102 g/mol. The molecule has 0 unspecified atom stereocenters. The second kappa shape index (κ2) is 4.09. The van der Waals surface area contributed by atoms with E-state index in [4.69, 9.17) is 10.8 Å². The Balaban J connectivity index is 2.83. The summed E-state index contributed by atoms with van der Waals surface area (Å²) >= 11 is 0. The lowest BCUT2D eigenvalue weighted by molar-refractivity contribution is 0.304. The van der Waals surface area contributed by atoms with Crippen molar-refractivity contribution in [2.45, 2.75) is 13.3 Å². The van der Waals surface area contributed by atoms with Gasteiger partial charge in [-0.2, -0.15) is 0 Å². The number of hydrogen-bond acceptors (Lipinski definition) is 2. The Hall–Kier alpha value is -0.0800. The Labute approximate surface area is 44.3 Å². The lowest BCUT2D eigenvalue weighted by Crippen LogP contribution is -2.06. The van der Waals surface area contributed by atoms with Gasteiger partial charge in [-0.3, -0.25) is 0 Å². The molecular weight excluding hydrogens is 90.1 g/mol. The van der Waals surface area contributed by atoms with Crippen LogP contribution in [0.3, 0.4) is 0 Å². The molecule has 2 heteroatoms. The highest BCUT2D eigenvalue weighted by Gasteiger charge is 1.95. The molecule has 0 heterocycles. The Morgan fingerprint density at radius 2 is 2.29 bits per heavy atom. The molecule has 0 aromatic rings. The normalized spacial score (nSPS) is 10.3. The molecule has 0 bridgehead atoms.